The molecule has 0 aliphatic carbocycles. The number of nitrogens with zero attached hydrogens (tertiary/aromatic N) is 2. The van der Waals surface area contributed by atoms with Gasteiger partial charge in [0.15, 0.2) is 0 Å². The van der Waals surface area contributed by atoms with Crippen LogP contribution in [0.25, 0.3) is 0 Å². The van der Waals surface area contributed by atoms with E-state index >= 15 is 0 Å². The smallest absolute Gasteiger partial charge is 0.132 e. The van der Waals surface area contributed by atoms with E-state index in [1.54, 1.807) is 0 Å². The molecule has 0 aromatic heterocycles. The normalized spacial score (nSPS) is 28.2. The van der Waals surface area contributed by atoms with Crippen LogP contribution in [0.1, 0.15) is 40.0 Å². The summed E-state index contributed by atoms with van der Waals surface area (Å²) in [6, 6.07) is 1.26. The zero-order valence-electron chi connectivity index (χ0n) is 11.2. The maximum atomic E-state index is 11.2. The molecule has 3 heteroatoms. The highest BCUT2D eigenvalue weighted by Crippen LogP contribution is 2.13. The summed E-state index contributed by atoms with van der Waals surface area (Å²) in [4.78, 5) is 16.1. The Morgan fingerprint density at radius 3 is 2.31 bits per heavy atom. The Labute approximate surface area is 99.8 Å². The minimum Gasteiger partial charge on any atom is -0.300 e. The maximum Gasteiger partial charge on any atom is 0.132 e. The molecule has 1 saturated heterocycles. The van der Waals surface area contributed by atoms with Crippen LogP contribution in [0.15, 0.2) is 0 Å². The summed E-state index contributed by atoms with van der Waals surface area (Å²) in [5, 5.41) is 0. The van der Waals surface area contributed by atoms with E-state index in [2.05, 4.69) is 30.7 Å². The summed E-state index contributed by atoms with van der Waals surface area (Å²) in [6.07, 6.45) is 2.47. The van der Waals surface area contributed by atoms with Crippen molar-refractivity contribution in [1.29, 1.82) is 0 Å². The number of ketones is 1. The molecule has 0 saturated carbocycles. The largest absolute Gasteiger partial charge is 0.300 e. The molecule has 0 radical (unpaired) electrons. The molecule has 0 spiro atoms. The van der Waals surface area contributed by atoms with Gasteiger partial charge in [-0.25, -0.2) is 0 Å². The van der Waals surface area contributed by atoms with Gasteiger partial charge in [0.1, 0.15) is 5.78 Å². The molecule has 0 amide bonds. The zero-order valence-corrected chi connectivity index (χ0v) is 11.2. The quantitative estimate of drug-likeness (QED) is 0.714. The van der Waals surface area contributed by atoms with Crippen LogP contribution < -0.4 is 0 Å². The van der Waals surface area contributed by atoms with Gasteiger partial charge in [0.2, 0.25) is 0 Å². The first-order chi connectivity index (χ1) is 7.54. The van der Waals surface area contributed by atoms with Crippen molar-refractivity contribution in [2.75, 3.05) is 26.7 Å². The van der Waals surface area contributed by atoms with Crippen molar-refractivity contribution in [3.63, 3.8) is 0 Å². The summed E-state index contributed by atoms with van der Waals surface area (Å²) >= 11 is 0. The Hall–Kier alpha value is -0.410. The second-order valence-electron chi connectivity index (χ2n) is 5.12. The molecule has 2 unspecified atom stereocenters. The Kier molecular flexibility index (Phi) is 5.42. The average Bonchev–Trinajstić information content (AvgIpc) is 2.25. The highest BCUT2D eigenvalue weighted by atomic mass is 16.1. The lowest BCUT2D eigenvalue weighted by Gasteiger charge is -2.42. The molecule has 0 aromatic rings. The second-order valence-corrected chi connectivity index (χ2v) is 5.12. The fraction of sp³-hybridized carbons (Fsp3) is 0.923. The van der Waals surface area contributed by atoms with Gasteiger partial charge < -0.3 is 4.90 Å². The lowest BCUT2D eigenvalue weighted by molar-refractivity contribution is -0.118. The molecule has 1 rings (SSSR count). The van der Waals surface area contributed by atoms with Gasteiger partial charge >= 0.3 is 0 Å². The van der Waals surface area contributed by atoms with Gasteiger partial charge in [0.05, 0.1) is 0 Å². The standard InChI is InChI=1S/C13H26N2O/c1-5-13(16)7-6-8-15-9-11(2)14(4)12(3)10-15/h11-12H,5-10H2,1-4H3. The van der Waals surface area contributed by atoms with E-state index in [0.29, 0.717) is 24.3 Å². The average molecular weight is 226 g/mol. The third-order valence-electron chi connectivity index (χ3n) is 3.76. The zero-order chi connectivity index (χ0) is 12.1. The number of piperazine rings is 1. The van der Waals surface area contributed by atoms with Crippen molar-refractivity contribution in [1.82, 2.24) is 9.80 Å². The molecule has 2 atom stereocenters. The van der Waals surface area contributed by atoms with Crippen LogP contribution in [0.3, 0.4) is 0 Å². The highest BCUT2D eigenvalue weighted by molar-refractivity contribution is 5.77. The highest BCUT2D eigenvalue weighted by Gasteiger charge is 2.25. The van der Waals surface area contributed by atoms with Gasteiger partial charge in [0, 0.05) is 38.0 Å². The van der Waals surface area contributed by atoms with E-state index < -0.39 is 0 Å². The van der Waals surface area contributed by atoms with Gasteiger partial charge in [-0.1, -0.05) is 6.92 Å². The van der Waals surface area contributed by atoms with Crippen LogP contribution in [0.2, 0.25) is 0 Å². The van der Waals surface area contributed by atoms with E-state index in [9.17, 15) is 4.79 Å². The van der Waals surface area contributed by atoms with Crippen LogP contribution in [-0.4, -0.2) is 54.3 Å². The van der Waals surface area contributed by atoms with Crippen molar-refractivity contribution >= 4 is 5.78 Å². The summed E-state index contributed by atoms with van der Waals surface area (Å²) in [5.74, 6) is 0.398. The molecule has 1 aliphatic rings. The molecule has 94 valence electrons. The van der Waals surface area contributed by atoms with Gasteiger partial charge in [-0.05, 0) is 33.9 Å². The number of hydrogen-bond donors (Lipinski definition) is 0. The molecule has 1 heterocycles. The van der Waals surface area contributed by atoms with E-state index in [4.69, 9.17) is 0 Å². The summed E-state index contributed by atoms with van der Waals surface area (Å²) in [7, 11) is 2.20. The SMILES string of the molecule is CCC(=O)CCCN1CC(C)N(C)C(C)C1. The number of rotatable bonds is 5. The first-order valence-electron chi connectivity index (χ1n) is 6.50. The van der Waals surface area contributed by atoms with E-state index in [1.807, 2.05) is 6.92 Å². The van der Waals surface area contributed by atoms with Gasteiger partial charge in [-0.15, -0.1) is 0 Å². The van der Waals surface area contributed by atoms with Gasteiger partial charge in [-0.3, -0.25) is 9.69 Å². The topological polar surface area (TPSA) is 23.6 Å². The van der Waals surface area contributed by atoms with Crippen LogP contribution >= 0.6 is 0 Å². The lowest BCUT2D eigenvalue weighted by Crippen LogP contribution is -2.54. The predicted octanol–water partition coefficient (Wildman–Crippen LogP) is 1.77. The first-order valence-corrected chi connectivity index (χ1v) is 6.50. The van der Waals surface area contributed by atoms with E-state index in [0.717, 1.165) is 32.5 Å². The molecule has 0 N–H and O–H groups in total. The van der Waals surface area contributed by atoms with Crippen molar-refractivity contribution in [2.24, 2.45) is 0 Å². The van der Waals surface area contributed by atoms with Crippen LogP contribution in [-0.2, 0) is 4.79 Å². The minimum atomic E-state index is 0.398. The fourth-order valence-electron chi connectivity index (χ4n) is 2.37. The van der Waals surface area contributed by atoms with Crippen molar-refractivity contribution in [2.45, 2.75) is 52.1 Å². The molecular weight excluding hydrogens is 200 g/mol. The molecule has 1 fully saturated rings. The van der Waals surface area contributed by atoms with Crippen molar-refractivity contribution in [3.8, 4) is 0 Å². The Balaban J connectivity index is 2.25. The van der Waals surface area contributed by atoms with E-state index in [-0.39, 0.29) is 0 Å². The van der Waals surface area contributed by atoms with Gasteiger partial charge in [0.25, 0.3) is 0 Å². The van der Waals surface area contributed by atoms with Crippen LogP contribution in [0.4, 0.5) is 0 Å². The molecule has 1 aliphatic heterocycles. The Bertz CT molecular complexity index is 218. The summed E-state index contributed by atoms with van der Waals surface area (Å²) < 4.78 is 0. The molecule has 3 nitrogen and oxygen atoms in total. The van der Waals surface area contributed by atoms with Crippen LogP contribution in [0.5, 0.6) is 0 Å². The molecule has 0 aromatic carbocycles. The lowest BCUT2D eigenvalue weighted by atomic mass is 10.1. The molecular formula is C13H26N2O. The third kappa shape index (κ3) is 3.87. The first kappa shape index (κ1) is 13.7. The number of hydrogen-bond acceptors (Lipinski definition) is 3. The molecule has 16 heavy (non-hydrogen) atoms. The third-order valence-corrected chi connectivity index (χ3v) is 3.76. The van der Waals surface area contributed by atoms with Crippen molar-refractivity contribution in [3.05, 3.63) is 0 Å². The van der Waals surface area contributed by atoms with E-state index in [1.165, 1.54) is 0 Å². The van der Waals surface area contributed by atoms with Crippen molar-refractivity contribution < 1.29 is 4.79 Å². The fourth-order valence-corrected chi connectivity index (χ4v) is 2.37. The number of likely N-dealkylation sites (N-methyl/N-ethyl adjacent to an activating group) is 1. The second kappa shape index (κ2) is 6.36. The monoisotopic (exact) mass is 226 g/mol. The molecule has 0 bridgehead atoms. The minimum absolute atomic E-state index is 0.398. The van der Waals surface area contributed by atoms with Crippen LogP contribution in [0, 0.1) is 0 Å². The number of carbonyl (C=O) groups excluding carboxylic acids is 1. The predicted molar refractivity (Wildman–Crippen MR) is 67.7 cm³/mol. The number of Topliss-reactive ketones (excluding diaryl/α,β-unsaturated/α-hetero) is 1. The Morgan fingerprint density at radius 1 is 1.25 bits per heavy atom. The number of carbonyl (C=O) groups is 1. The van der Waals surface area contributed by atoms with Gasteiger partial charge in [-0.2, -0.15) is 0 Å². The maximum absolute atomic E-state index is 11.2. The summed E-state index contributed by atoms with van der Waals surface area (Å²) in [6.45, 7) is 9.86. The Morgan fingerprint density at radius 2 is 1.81 bits per heavy atom. The summed E-state index contributed by atoms with van der Waals surface area (Å²) in [5.41, 5.74) is 0.